The van der Waals surface area contributed by atoms with E-state index in [0.717, 1.165) is 18.4 Å². The fourth-order valence-electron chi connectivity index (χ4n) is 3.97. The molecular formula is C26H29ClF3N7O3. The van der Waals surface area contributed by atoms with Gasteiger partial charge in [-0.2, -0.15) is 28.1 Å². The molecule has 5 N–H and O–H groups in total. The standard InChI is InChI=1S/C26H29ClF3N7O3/c1-39-21(38)20(3-2-14-31)32-18-8-10-19(11-9-18)33-22-34-23(36-24(35-22)40-15-26(28,29)30)37-25(12-13-25)16-4-6-17(27)7-5-16/h4-11,20,32H,2-3,12-15,31H2,1H3,(H2,33,34,35,36,37). The van der Waals surface area contributed by atoms with Crippen molar-refractivity contribution in [1.82, 2.24) is 15.0 Å². The summed E-state index contributed by atoms with van der Waals surface area (Å²) >= 11 is 6.01. The Kier molecular flexibility index (Phi) is 9.15. The third-order valence-electron chi connectivity index (χ3n) is 6.14. The first kappa shape index (κ1) is 29.2. The molecule has 0 amide bonds. The zero-order chi connectivity index (χ0) is 28.8. The Morgan fingerprint density at radius 3 is 2.30 bits per heavy atom. The zero-order valence-electron chi connectivity index (χ0n) is 21.6. The maximum atomic E-state index is 12.8. The summed E-state index contributed by atoms with van der Waals surface area (Å²) in [6.07, 6.45) is -1.88. The second-order valence-electron chi connectivity index (χ2n) is 9.24. The molecule has 0 saturated heterocycles. The normalized spacial score (nSPS) is 14.7. The Morgan fingerprint density at radius 1 is 1.05 bits per heavy atom. The zero-order valence-corrected chi connectivity index (χ0v) is 22.4. The maximum absolute atomic E-state index is 12.8. The van der Waals surface area contributed by atoms with Gasteiger partial charge in [0.2, 0.25) is 11.9 Å². The number of carbonyl (C=O) groups is 1. The summed E-state index contributed by atoms with van der Waals surface area (Å²) in [5, 5.41) is 9.89. The number of nitrogens with zero attached hydrogens (tertiary/aromatic N) is 3. The number of aromatic nitrogens is 3. The molecule has 1 aliphatic rings. The Bertz CT molecular complexity index is 1290. The van der Waals surface area contributed by atoms with E-state index < -0.39 is 36.3 Å². The summed E-state index contributed by atoms with van der Waals surface area (Å²) in [5.74, 6) is -0.363. The molecule has 3 aromatic rings. The predicted molar refractivity (Wildman–Crippen MR) is 145 cm³/mol. The van der Waals surface area contributed by atoms with Crippen molar-refractivity contribution in [2.24, 2.45) is 5.73 Å². The van der Waals surface area contributed by atoms with Crippen molar-refractivity contribution in [3.05, 3.63) is 59.1 Å². The highest BCUT2D eigenvalue weighted by Crippen LogP contribution is 2.48. The van der Waals surface area contributed by atoms with Crippen LogP contribution in [-0.2, 0) is 15.1 Å². The van der Waals surface area contributed by atoms with Crippen LogP contribution in [0.5, 0.6) is 6.01 Å². The van der Waals surface area contributed by atoms with Gasteiger partial charge in [0.1, 0.15) is 6.04 Å². The average molecular weight is 580 g/mol. The molecule has 40 heavy (non-hydrogen) atoms. The lowest BCUT2D eigenvalue weighted by Gasteiger charge is -2.19. The van der Waals surface area contributed by atoms with E-state index >= 15 is 0 Å². The number of halogens is 4. The molecule has 1 saturated carbocycles. The largest absolute Gasteiger partial charge is 0.467 e. The van der Waals surface area contributed by atoms with Crippen molar-refractivity contribution in [2.45, 2.75) is 43.4 Å². The molecule has 1 aliphatic carbocycles. The van der Waals surface area contributed by atoms with Gasteiger partial charge in [0.15, 0.2) is 6.61 Å². The Hall–Kier alpha value is -3.84. The Balaban J connectivity index is 1.52. The van der Waals surface area contributed by atoms with Gasteiger partial charge in [-0.3, -0.25) is 0 Å². The predicted octanol–water partition coefficient (Wildman–Crippen LogP) is 5.00. The summed E-state index contributed by atoms with van der Waals surface area (Å²) in [7, 11) is 1.32. The molecule has 1 aromatic heterocycles. The molecule has 10 nitrogen and oxygen atoms in total. The summed E-state index contributed by atoms with van der Waals surface area (Å²) in [6.45, 7) is -1.11. The van der Waals surface area contributed by atoms with Crippen LogP contribution in [0.3, 0.4) is 0 Å². The quantitative estimate of drug-likeness (QED) is 0.205. The van der Waals surface area contributed by atoms with Crippen molar-refractivity contribution < 1.29 is 27.4 Å². The van der Waals surface area contributed by atoms with Gasteiger partial charge in [-0.1, -0.05) is 23.7 Å². The molecule has 1 unspecified atom stereocenters. The van der Waals surface area contributed by atoms with Crippen LogP contribution >= 0.6 is 11.6 Å². The van der Waals surface area contributed by atoms with Crippen LogP contribution in [0, 0.1) is 0 Å². The lowest BCUT2D eigenvalue weighted by molar-refractivity contribution is -0.154. The van der Waals surface area contributed by atoms with Gasteiger partial charge in [0.25, 0.3) is 0 Å². The highest BCUT2D eigenvalue weighted by molar-refractivity contribution is 6.30. The van der Waals surface area contributed by atoms with Crippen LogP contribution in [-0.4, -0.2) is 53.4 Å². The van der Waals surface area contributed by atoms with Gasteiger partial charge in [0.05, 0.1) is 12.6 Å². The number of nitrogens with one attached hydrogen (secondary N) is 3. The van der Waals surface area contributed by atoms with Crippen molar-refractivity contribution in [3.63, 3.8) is 0 Å². The van der Waals surface area contributed by atoms with E-state index in [-0.39, 0.29) is 11.9 Å². The van der Waals surface area contributed by atoms with Crippen LogP contribution in [0.2, 0.25) is 5.02 Å². The van der Waals surface area contributed by atoms with Gasteiger partial charge in [-0.05, 0) is 74.2 Å². The minimum Gasteiger partial charge on any atom is -0.467 e. The lowest BCUT2D eigenvalue weighted by Crippen LogP contribution is -2.31. The third-order valence-corrected chi connectivity index (χ3v) is 6.39. The molecule has 2 aromatic carbocycles. The van der Waals surface area contributed by atoms with Gasteiger partial charge in [-0.25, -0.2) is 4.79 Å². The number of anilines is 4. The highest BCUT2D eigenvalue weighted by atomic mass is 35.5. The minimum atomic E-state index is -4.57. The lowest BCUT2D eigenvalue weighted by atomic mass is 10.1. The number of ether oxygens (including phenoxy) is 2. The van der Waals surface area contributed by atoms with E-state index in [9.17, 15) is 18.0 Å². The smallest absolute Gasteiger partial charge is 0.422 e. The van der Waals surface area contributed by atoms with E-state index in [0.29, 0.717) is 35.8 Å². The third kappa shape index (κ3) is 8.09. The molecule has 0 spiro atoms. The van der Waals surface area contributed by atoms with Gasteiger partial charge in [0, 0.05) is 16.4 Å². The monoisotopic (exact) mass is 579 g/mol. The SMILES string of the molecule is COC(=O)C(CCCN)Nc1ccc(Nc2nc(NC3(c4ccc(Cl)cc4)CC3)nc(OCC(F)(F)F)n2)cc1. The van der Waals surface area contributed by atoms with E-state index in [1.54, 1.807) is 36.4 Å². The van der Waals surface area contributed by atoms with Crippen molar-refractivity contribution in [3.8, 4) is 6.01 Å². The second-order valence-corrected chi connectivity index (χ2v) is 9.67. The molecule has 0 radical (unpaired) electrons. The number of benzene rings is 2. The van der Waals surface area contributed by atoms with E-state index in [2.05, 4.69) is 30.9 Å². The van der Waals surface area contributed by atoms with Gasteiger partial charge < -0.3 is 31.2 Å². The van der Waals surface area contributed by atoms with Crippen LogP contribution in [0.4, 0.5) is 36.4 Å². The first-order valence-electron chi connectivity index (χ1n) is 12.5. The van der Waals surface area contributed by atoms with E-state index in [1.165, 1.54) is 7.11 Å². The Morgan fingerprint density at radius 2 is 1.70 bits per heavy atom. The van der Waals surface area contributed by atoms with Crippen molar-refractivity contribution in [2.75, 3.05) is 36.2 Å². The first-order valence-corrected chi connectivity index (χ1v) is 12.9. The topological polar surface area (TPSA) is 136 Å². The van der Waals surface area contributed by atoms with Gasteiger partial charge in [-0.15, -0.1) is 0 Å². The fourth-order valence-corrected chi connectivity index (χ4v) is 4.09. The van der Waals surface area contributed by atoms with Gasteiger partial charge >= 0.3 is 18.2 Å². The van der Waals surface area contributed by atoms with E-state index in [1.807, 2.05) is 12.1 Å². The molecule has 1 fully saturated rings. The van der Waals surface area contributed by atoms with Crippen LogP contribution in [0.15, 0.2) is 48.5 Å². The number of rotatable bonds is 13. The summed E-state index contributed by atoms with van der Waals surface area (Å²) in [5.41, 5.74) is 7.23. The number of alkyl halides is 3. The van der Waals surface area contributed by atoms with Crippen molar-refractivity contribution in [1.29, 1.82) is 0 Å². The molecule has 0 bridgehead atoms. The number of nitrogens with two attached hydrogens (primary N) is 1. The number of hydrogen-bond donors (Lipinski definition) is 4. The number of carbonyl (C=O) groups excluding carboxylic acids is 1. The van der Waals surface area contributed by atoms with Crippen LogP contribution in [0.25, 0.3) is 0 Å². The molecule has 4 rings (SSSR count). The molecule has 214 valence electrons. The Labute approximate surface area is 233 Å². The molecular weight excluding hydrogens is 551 g/mol. The molecule has 0 aliphatic heterocycles. The number of methoxy groups -OCH3 is 1. The van der Waals surface area contributed by atoms with E-state index in [4.69, 9.17) is 26.8 Å². The maximum Gasteiger partial charge on any atom is 0.422 e. The van der Waals surface area contributed by atoms with Crippen LogP contribution in [0.1, 0.15) is 31.2 Å². The molecule has 14 heteroatoms. The van der Waals surface area contributed by atoms with Crippen LogP contribution < -0.4 is 26.4 Å². The number of hydrogen-bond acceptors (Lipinski definition) is 10. The van der Waals surface area contributed by atoms with Crippen molar-refractivity contribution >= 4 is 40.8 Å². The summed E-state index contributed by atoms with van der Waals surface area (Å²) in [6, 6.07) is 13.1. The summed E-state index contributed by atoms with van der Waals surface area (Å²) < 4.78 is 48.1. The molecule has 1 heterocycles. The average Bonchev–Trinajstić information content (AvgIpc) is 3.70. The fraction of sp³-hybridized carbons (Fsp3) is 0.385. The minimum absolute atomic E-state index is 0.0160. The summed E-state index contributed by atoms with van der Waals surface area (Å²) in [4.78, 5) is 24.5. The first-order chi connectivity index (χ1) is 19.1. The molecule has 1 atom stereocenters. The highest BCUT2D eigenvalue weighted by Gasteiger charge is 2.45. The number of esters is 1. The second kappa shape index (κ2) is 12.6.